The second kappa shape index (κ2) is 13.6. The Morgan fingerprint density at radius 1 is 1.00 bits per heavy atom. The highest BCUT2D eigenvalue weighted by atomic mass is 35.5. The van der Waals surface area contributed by atoms with E-state index in [1.807, 2.05) is 0 Å². The third-order valence-corrected chi connectivity index (χ3v) is 11.2. The van der Waals surface area contributed by atoms with E-state index in [0.29, 0.717) is 48.6 Å². The number of alkyl halides is 2. The Kier molecular flexibility index (Phi) is 10.4. The van der Waals surface area contributed by atoms with Gasteiger partial charge in [0.25, 0.3) is 0 Å². The van der Waals surface area contributed by atoms with Crippen molar-refractivity contribution in [1.82, 2.24) is 20.4 Å². The van der Waals surface area contributed by atoms with Crippen LogP contribution < -0.4 is 10.6 Å². The van der Waals surface area contributed by atoms with Crippen molar-refractivity contribution in [3.8, 4) is 0 Å². The maximum atomic E-state index is 14.2. The van der Waals surface area contributed by atoms with E-state index in [0.717, 1.165) is 90.9 Å². The lowest BCUT2D eigenvalue weighted by molar-refractivity contribution is -0.151. The molecule has 0 aromatic carbocycles. The van der Waals surface area contributed by atoms with Crippen LogP contribution >= 0.6 is 23.2 Å². The van der Waals surface area contributed by atoms with E-state index < -0.39 is 0 Å². The van der Waals surface area contributed by atoms with Gasteiger partial charge in [-0.25, -0.2) is 0 Å². The zero-order chi connectivity index (χ0) is 27.5. The van der Waals surface area contributed by atoms with Gasteiger partial charge in [0.1, 0.15) is 0 Å². The standard InChI is InChI=1S/C30H50Cl2N4O3/c1-19-4-5-25(34-29(37)21-13-23(31)16-24(32)14-21)17-26(19)27-15-22-18-33-20(2)12-28(22)36(30(27)38)7-3-6-35-8-10-39-11-9-35/h19-28,33H,3-18H2,1-2H3,(H,34,37). The molecule has 9 atom stereocenters. The monoisotopic (exact) mass is 584 g/mol. The minimum atomic E-state index is -0.101. The Bertz CT molecular complexity index is 833. The third-order valence-electron chi connectivity index (χ3n) is 10.5. The molecule has 0 aromatic heterocycles. The number of ether oxygens (including phenoxy) is 1. The average molecular weight is 586 g/mol. The molecule has 222 valence electrons. The first-order valence-electron chi connectivity index (χ1n) is 15.7. The van der Waals surface area contributed by atoms with Crippen molar-refractivity contribution < 1.29 is 14.3 Å². The average Bonchev–Trinajstić information content (AvgIpc) is 2.91. The molecule has 3 saturated heterocycles. The van der Waals surface area contributed by atoms with Crippen molar-refractivity contribution in [3.63, 3.8) is 0 Å². The van der Waals surface area contributed by atoms with Crippen LogP contribution in [0.3, 0.4) is 0 Å². The number of hydrogen-bond acceptors (Lipinski definition) is 5. The minimum Gasteiger partial charge on any atom is -0.379 e. The number of likely N-dealkylation sites (tertiary alicyclic amines) is 1. The van der Waals surface area contributed by atoms with E-state index in [-0.39, 0.29) is 34.5 Å². The van der Waals surface area contributed by atoms with Crippen molar-refractivity contribution in [2.24, 2.45) is 29.6 Å². The summed E-state index contributed by atoms with van der Waals surface area (Å²) < 4.78 is 5.51. The zero-order valence-corrected chi connectivity index (χ0v) is 25.5. The van der Waals surface area contributed by atoms with Gasteiger partial charge in [-0.1, -0.05) is 6.92 Å². The largest absolute Gasteiger partial charge is 0.379 e. The predicted octanol–water partition coefficient (Wildman–Crippen LogP) is 3.86. The Morgan fingerprint density at radius 2 is 1.74 bits per heavy atom. The van der Waals surface area contributed by atoms with Gasteiger partial charge >= 0.3 is 0 Å². The molecule has 9 unspecified atom stereocenters. The van der Waals surface area contributed by atoms with Crippen LogP contribution in [-0.2, 0) is 14.3 Å². The van der Waals surface area contributed by atoms with Crippen LogP contribution in [0.4, 0.5) is 0 Å². The second-order valence-corrected chi connectivity index (χ2v) is 14.5. The molecule has 0 spiro atoms. The highest BCUT2D eigenvalue weighted by molar-refractivity contribution is 6.24. The molecule has 0 aromatic rings. The number of nitrogens with one attached hydrogen (secondary N) is 2. The van der Waals surface area contributed by atoms with Gasteiger partial charge in [0.2, 0.25) is 11.8 Å². The molecule has 39 heavy (non-hydrogen) atoms. The van der Waals surface area contributed by atoms with Crippen molar-refractivity contribution in [3.05, 3.63) is 0 Å². The van der Waals surface area contributed by atoms with Gasteiger partial charge in [-0.2, -0.15) is 0 Å². The third kappa shape index (κ3) is 7.43. The van der Waals surface area contributed by atoms with E-state index in [1.54, 1.807) is 0 Å². The highest BCUT2D eigenvalue weighted by Crippen LogP contribution is 2.44. The molecule has 5 fully saturated rings. The zero-order valence-electron chi connectivity index (χ0n) is 24.0. The number of carbonyl (C=O) groups is 2. The Balaban J connectivity index is 1.23. The van der Waals surface area contributed by atoms with Gasteiger partial charge in [-0.15, -0.1) is 23.2 Å². The van der Waals surface area contributed by atoms with Gasteiger partial charge < -0.3 is 20.3 Å². The molecule has 3 aliphatic heterocycles. The maximum Gasteiger partial charge on any atom is 0.226 e. The summed E-state index contributed by atoms with van der Waals surface area (Å²) in [6.07, 6.45) is 8.17. The number of rotatable bonds is 7. The summed E-state index contributed by atoms with van der Waals surface area (Å²) in [5.74, 6) is 1.74. The molecular formula is C30H50Cl2N4O3. The molecular weight excluding hydrogens is 535 g/mol. The molecule has 5 rings (SSSR count). The van der Waals surface area contributed by atoms with Gasteiger partial charge in [0.15, 0.2) is 0 Å². The molecule has 2 amide bonds. The van der Waals surface area contributed by atoms with E-state index >= 15 is 0 Å². The topological polar surface area (TPSA) is 73.9 Å². The summed E-state index contributed by atoms with van der Waals surface area (Å²) in [6.45, 7) is 11.1. The van der Waals surface area contributed by atoms with Crippen LogP contribution in [0.15, 0.2) is 0 Å². The van der Waals surface area contributed by atoms with Crippen molar-refractivity contribution in [2.45, 2.75) is 101 Å². The number of halogens is 2. The second-order valence-electron chi connectivity index (χ2n) is 13.3. The Hall–Kier alpha value is -0.600. The number of piperidine rings is 2. The van der Waals surface area contributed by atoms with Crippen molar-refractivity contribution >= 4 is 35.0 Å². The Labute approximate surface area is 245 Å². The number of amides is 2. The van der Waals surface area contributed by atoms with Crippen LogP contribution in [0.1, 0.15) is 71.6 Å². The fourth-order valence-corrected chi connectivity index (χ4v) is 9.19. The molecule has 9 heteroatoms. The van der Waals surface area contributed by atoms with E-state index in [2.05, 4.69) is 34.3 Å². The van der Waals surface area contributed by atoms with E-state index in [9.17, 15) is 9.59 Å². The summed E-state index contributed by atoms with van der Waals surface area (Å²) in [7, 11) is 0. The molecule has 7 nitrogen and oxygen atoms in total. The van der Waals surface area contributed by atoms with E-state index in [1.165, 1.54) is 0 Å². The van der Waals surface area contributed by atoms with Crippen LogP contribution in [-0.4, -0.2) is 96.4 Å². The summed E-state index contributed by atoms with van der Waals surface area (Å²) >= 11 is 12.8. The highest BCUT2D eigenvalue weighted by Gasteiger charge is 2.48. The Morgan fingerprint density at radius 3 is 2.49 bits per heavy atom. The first-order valence-corrected chi connectivity index (χ1v) is 16.6. The fourth-order valence-electron chi connectivity index (χ4n) is 8.24. The van der Waals surface area contributed by atoms with Gasteiger partial charge in [0, 0.05) is 73.4 Å². The van der Waals surface area contributed by atoms with E-state index in [4.69, 9.17) is 27.9 Å². The number of hydrogen-bond donors (Lipinski definition) is 2. The van der Waals surface area contributed by atoms with Crippen LogP contribution in [0, 0.1) is 29.6 Å². The molecule has 0 bridgehead atoms. The normalized spacial score (nSPS) is 42.2. The number of nitrogens with zero attached hydrogens (tertiary/aromatic N) is 2. The lowest BCUT2D eigenvalue weighted by Crippen LogP contribution is -2.61. The summed E-state index contributed by atoms with van der Waals surface area (Å²) in [6, 6.07) is 0.931. The predicted molar refractivity (Wildman–Crippen MR) is 156 cm³/mol. The number of carbonyl (C=O) groups excluding carboxylic acids is 2. The molecule has 5 aliphatic rings. The molecule has 0 radical (unpaired) electrons. The quantitative estimate of drug-likeness (QED) is 0.444. The van der Waals surface area contributed by atoms with Gasteiger partial charge in [0.05, 0.1) is 13.2 Å². The van der Waals surface area contributed by atoms with Crippen LogP contribution in [0.25, 0.3) is 0 Å². The molecule has 2 saturated carbocycles. The fraction of sp³-hybridized carbons (Fsp3) is 0.933. The molecule has 2 aliphatic carbocycles. The van der Waals surface area contributed by atoms with Gasteiger partial charge in [-0.3, -0.25) is 14.5 Å². The summed E-state index contributed by atoms with van der Waals surface area (Å²) in [5.41, 5.74) is 0. The van der Waals surface area contributed by atoms with Crippen LogP contribution in [0.5, 0.6) is 0 Å². The summed E-state index contributed by atoms with van der Waals surface area (Å²) in [5, 5.41) is 7.02. The minimum absolute atomic E-state index is 0.0232. The smallest absolute Gasteiger partial charge is 0.226 e. The molecule has 2 N–H and O–H groups in total. The lowest BCUT2D eigenvalue weighted by atomic mass is 9.65. The SMILES string of the molecule is CC1CC2C(CN1)CC(C1CC(NC(=O)C3CC(Cl)CC(Cl)C3)CCC1C)C(=O)N2CCCN1CCOCC1. The van der Waals surface area contributed by atoms with Crippen molar-refractivity contribution in [2.75, 3.05) is 45.9 Å². The molecule has 3 heterocycles. The number of morpholine rings is 1. The lowest BCUT2D eigenvalue weighted by Gasteiger charge is -2.51. The first-order chi connectivity index (χ1) is 18.8. The van der Waals surface area contributed by atoms with Crippen molar-refractivity contribution in [1.29, 1.82) is 0 Å². The first kappa shape index (κ1) is 29.9. The van der Waals surface area contributed by atoms with Crippen LogP contribution in [0.2, 0.25) is 0 Å². The number of fused-ring (bicyclic) bond motifs is 1. The summed E-state index contributed by atoms with van der Waals surface area (Å²) in [4.78, 5) is 32.2. The van der Waals surface area contributed by atoms with Gasteiger partial charge in [-0.05, 0) is 82.5 Å². The maximum absolute atomic E-state index is 14.2.